The number of hydrogen-bond donors (Lipinski definition) is 0. The van der Waals surface area contributed by atoms with Crippen molar-refractivity contribution in [1.82, 2.24) is 9.97 Å². The Kier molecular flexibility index (Phi) is 4.95. The van der Waals surface area contributed by atoms with E-state index in [1.165, 1.54) is 11.3 Å². The van der Waals surface area contributed by atoms with Crippen LogP contribution in [-0.2, 0) is 6.42 Å². The first-order valence-electron chi connectivity index (χ1n) is 10.7. The van der Waals surface area contributed by atoms with E-state index >= 15 is 0 Å². The molecule has 5 rings (SSSR count). The summed E-state index contributed by atoms with van der Waals surface area (Å²) >= 11 is 0. The fourth-order valence-electron chi connectivity index (χ4n) is 4.66. The lowest BCUT2D eigenvalue weighted by molar-refractivity contribution is 0.0962. The number of carbonyl (C=O) groups excluding carboxylic acids is 1. The van der Waals surface area contributed by atoms with E-state index < -0.39 is 0 Å². The third-order valence-electron chi connectivity index (χ3n) is 6.26. The van der Waals surface area contributed by atoms with Gasteiger partial charge in [-0.05, 0) is 37.0 Å². The molecule has 1 aromatic heterocycles. The van der Waals surface area contributed by atoms with Crippen LogP contribution in [0.15, 0.2) is 60.7 Å². The van der Waals surface area contributed by atoms with Gasteiger partial charge in [0.1, 0.15) is 0 Å². The minimum absolute atomic E-state index is 0.169. The topological polar surface area (TPSA) is 49.3 Å². The molecule has 0 spiro atoms. The molecule has 0 N–H and O–H groups in total. The zero-order chi connectivity index (χ0) is 20.5. The lowest BCUT2D eigenvalue weighted by atomic mass is 9.81. The van der Waals surface area contributed by atoms with Gasteiger partial charge in [-0.1, -0.05) is 48.5 Å². The minimum Gasteiger partial charge on any atom is -0.368 e. The summed E-state index contributed by atoms with van der Waals surface area (Å²) in [6.45, 7) is 5.58. The van der Waals surface area contributed by atoms with Gasteiger partial charge in [-0.15, -0.1) is 0 Å². The van der Waals surface area contributed by atoms with E-state index in [1.54, 1.807) is 0 Å². The lowest BCUT2D eigenvalue weighted by Crippen LogP contribution is -2.47. The van der Waals surface area contributed by atoms with Crippen molar-refractivity contribution in [1.29, 1.82) is 0 Å². The van der Waals surface area contributed by atoms with Gasteiger partial charge in [-0.25, -0.2) is 9.97 Å². The molecular weight excluding hydrogens is 372 g/mol. The molecule has 2 aliphatic rings. The van der Waals surface area contributed by atoms with Crippen LogP contribution in [0.25, 0.3) is 0 Å². The monoisotopic (exact) mass is 398 g/mol. The van der Waals surface area contributed by atoms with E-state index in [0.29, 0.717) is 6.42 Å². The zero-order valence-electron chi connectivity index (χ0n) is 17.3. The van der Waals surface area contributed by atoms with Crippen molar-refractivity contribution in [2.75, 3.05) is 36.0 Å². The third-order valence-corrected chi connectivity index (χ3v) is 6.26. The second-order valence-corrected chi connectivity index (χ2v) is 8.18. The van der Waals surface area contributed by atoms with Gasteiger partial charge < -0.3 is 9.80 Å². The number of piperazine rings is 1. The number of rotatable bonds is 3. The molecule has 1 aliphatic carbocycles. The first-order valence-corrected chi connectivity index (χ1v) is 10.7. The Morgan fingerprint density at radius 1 is 0.800 bits per heavy atom. The van der Waals surface area contributed by atoms with Crippen LogP contribution in [0.3, 0.4) is 0 Å². The van der Waals surface area contributed by atoms with Gasteiger partial charge in [-0.2, -0.15) is 0 Å². The van der Waals surface area contributed by atoms with Crippen molar-refractivity contribution >= 4 is 17.4 Å². The SMILES string of the molecule is Cc1nc(N2CCN(c3ccccc3)CC2)nc2c1C(=O)C[C@@H](c1ccccc1)C2. The Morgan fingerprint density at radius 3 is 2.13 bits per heavy atom. The summed E-state index contributed by atoms with van der Waals surface area (Å²) in [5.74, 6) is 1.13. The number of carbonyl (C=O) groups is 1. The highest BCUT2D eigenvalue weighted by Gasteiger charge is 2.31. The molecule has 0 saturated carbocycles. The van der Waals surface area contributed by atoms with E-state index in [9.17, 15) is 4.79 Å². The average Bonchev–Trinajstić information content (AvgIpc) is 2.80. The lowest BCUT2D eigenvalue weighted by Gasteiger charge is -2.36. The van der Waals surface area contributed by atoms with Crippen LogP contribution in [0, 0.1) is 6.92 Å². The molecular formula is C25H26N4O. The van der Waals surface area contributed by atoms with Gasteiger partial charge in [0, 0.05) is 38.3 Å². The number of aromatic nitrogens is 2. The smallest absolute Gasteiger partial charge is 0.225 e. The maximum Gasteiger partial charge on any atom is 0.225 e. The maximum absolute atomic E-state index is 12.9. The van der Waals surface area contributed by atoms with Crippen LogP contribution < -0.4 is 9.80 Å². The van der Waals surface area contributed by atoms with Gasteiger partial charge in [0.25, 0.3) is 0 Å². The van der Waals surface area contributed by atoms with Gasteiger partial charge >= 0.3 is 0 Å². The van der Waals surface area contributed by atoms with Crippen molar-refractivity contribution in [2.45, 2.75) is 25.7 Å². The maximum atomic E-state index is 12.9. The number of fused-ring (bicyclic) bond motifs is 1. The standard InChI is InChI=1S/C25H26N4O/c1-18-24-22(16-20(17-23(24)30)19-8-4-2-5-9-19)27-25(26-18)29-14-12-28(13-15-29)21-10-6-3-7-11-21/h2-11,20H,12-17H2,1H3/t20-/m0/s1. The van der Waals surface area contributed by atoms with Gasteiger partial charge in [0.15, 0.2) is 5.78 Å². The highest BCUT2D eigenvalue weighted by atomic mass is 16.1. The molecule has 5 nitrogen and oxygen atoms in total. The number of anilines is 2. The summed E-state index contributed by atoms with van der Waals surface area (Å²) < 4.78 is 0. The number of hydrogen-bond acceptors (Lipinski definition) is 5. The van der Waals surface area contributed by atoms with E-state index in [1.807, 2.05) is 31.2 Å². The van der Waals surface area contributed by atoms with Crippen LogP contribution in [0.1, 0.15) is 39.6 Å². The molecule has 0 amide bonds. The van der Waals surface area contributed by atoms with Crippen LogP contribution in [0.2, 0.25) is 0 Å². The van der Waals surface area contributed by atoms with Crippen molar-refractivity contribution < 1.29 is 4.79 Å². The summed E-state index contributed by atoms with van der Waals surface area (Å²) in [4.78, 5) is 27.2. The molecule has 1 atom stereocenters. The molecule has 1 aliphatic heterocycles. The van der Waals surface area contributed by atoms with Crippen molar-refractivity contribution in [3.05, 3.63) is 83.2 Å². The number of benzene rings is 2. The second-order valence-electron chi connectivity index (χ2n) is 8.18. The molecule has 0 unspecified atom stereocenters. The summed E-state index contributed by atoms with van der Waals surface area (Å²) in [5, 5.41) is 0. The van der Waals surface area contributed by atoms with E-state index in [2.05, 4.69) is 46.2 Å². The Bertz CT molecular complexity index is 1040. The Balaban J connectivity index is 1.37. The first-order chi connectivity index (χ1) is 14.7. The Hall–Kier alpha value is -3.21. The van der Waals surface area contributed by atoms with Gasteiger partial charge in [0.05, 0.1) is 17.0 Å². The molecule has 2 aromatic carbocycles. The van der Waals surface area contributed by atoms with Crippen LogP contribution in [-0.4, -0.2) is 41.9 Å². The number of aryl methyl sites for hydroxylation is 1. The molecule has 2 heterocycles. The van der Waals surface area contributed by atoms with Crippen molar-refractivity contribution in [3.63, 3.8) is 0 Å². The number of ketones is 1. The normalized spacial score (nSPS) is 19.0. The van der Waals surface area contributed by atoms with Crippen molar-refractivity contribution in [2.24, 2.45) is 0 Å². The number of para-hydroxylation sites is 1. The summed E-state index contributed by atoms with van der Waals surface area (Å²) in [6, 6.07) is 20.8. The number of nitrogens with zero attached hydrogens (tertiary/aromatic N) is 4. The summed E-state index contributed by atoms with van der Waals surface area (Å²) in [5.41, 5.74) is 4.95. The quantitative estimate of drug-likeness (QED) is 0.667. The molecule has 1 fully saturated rings. The second kappa shape index (κ2) is 7.90. The predicted molar refractivity (Wildman–Crippen MR) is 119 cm³/mol. The van der Waals surface area contributed by atoms with E-state index in [-0.39, 0.29) is 11.7 Å². The highest BCUT2D eigenvalue weighted by molar-refractivity contribution is 5.99. The first kappa shape index (κ1) is 18.8. The zero-order valence-corrected chi connectivity index (χ0v) is 17.3. The summed E-state index contributed by atoms with van der Waals surface area (Å²) in [7, 11) is 0. The fraction of sp³-hybridized carbons (Fsp3) is 0.320. The largest absolute Gasteiger partial charge is 0.368 e. The molecule has 30 heavy (non-hydrogen) atoms. The van der Waals surface area contributed by atoms with Gasteiger partial charge in [-0.3, -0.25) is 4.79 Å². The van der Waals surface area contributed by atoms with E-state index in [4.69, 9.17) is 9.97 Å². The molecule has 1 saturated heterocycles. The van der Waals surface area contributed by atoms with Crippen molar-refractivity contribution in [3.8, 4) is 0 Å². The third kappa shape index (κ3) is 3.56. The Morgan fingerprint density at radius 2 is 1.43 bits per heavy atom. The van der Waals surface area contributed by atoms with E-state index in [0.717, 1.165) is 55.5 Å². The van der Waals surface area contributed by atoms with Crippen LogP contribution >= 0.6 is 0 Å². The average molecular weight is 399 g/mol. The Labute approximate surface area is 177 Å². The molecule has 3 aromatic rings. The highest BCUT2D eigenvalue weighted by Crippen LogP contribution is 2.33. The van der Waals surface area contributed by atoms with Crippen LogP contribution in [0.5, 0.6) is 0 Å². The molecule has 152 valence electrons. The molecule has 5 heteroatoms. The van der Waals surface area contributed by atoms with Gasteiger partial charge in [0.2, 0.25) is 5.95 Å². The molecule has 0 radical (unpaired) electrons. The minimum atomic E-state index is 0.169. The predicted octanol–water partition coefficient (Wildman–Crippen LogP) is 4.02. The fourth-order valence-corrected chi connectivity index (χ4v) is 4.66. The number of Topliss-reactive ketones (excluding diaryl/α,β-unsaturated/α-hetero) is 1. The summed E-state index contributed by atoms with van der Waals surface area (Å²) in [6.07, 6.45) is 1.34. The molecule has 0 bridgehead atoms. The van der Waals surface area contributed by atoms with Crippen LogP contribution in [0.4, 0.5) is 11.6 Å².